The largest absolute Gasteiger partial charge is 0.432 e. The summed E-state index contributed by atoms with van der Waals surface area (Å²) in [5, 5.41) is 0. The zero-order chi connectivity index (χ0) is 35.5. The summed E-state index contributed by atoms with van der Waals surface area (Å²) in [5.41, 5.74) is -4.81. The molecule has 0 spiro atoms. The zero-order valence-corrected chi connectivity index (χ0v) is 23.8. The van der Waals surface area contributed by atoms with Crippen molar-refractivity contribution in [2.45, 2.75) is 37.3 Å². The SMILES string of the molecule is FC(F)(F)c1ccc(OC(Oc2ccc(C(F)(F)F)cn2)C(=S)C(Oc2ccc(C(F)(F)F)cn2)Oc2ccc(C(F)(F)F)cn2)nc1. The Morgan fingerprint density at radius 3 is 0.771 bits per heavy atom. The normalized spacial score (nSPS) is 12.6. The predicted molar refractivity (Wildman–Crippen MR) is 140 cm³/mol. The first-order valence-electron chi connectivity index (χ1n) is 12.5. The summed E-state index contributed by atoms with van der Waals surface area (Å²) < 4.78 is 178. The Labute approximate surface area is 265 Å². The van der Waals surface area contributed by atoms with Crippen LogP contribution < -0.4 is 18.9 Å². The molecule has 4 rings (SSSR count). The second-order valence-electron chi connectivity index (χ2n) is 9.07. The molecule has 0 fully saturated rings. The van der Waals surface area contributed by atoms with E-state index in [1.54, 1.807) is 0 Å². The Balaban J connectivity index is 1.70. The van der Waals surface area contributed by atoms with Gasteiger partial charge in [-0.05, 0) is 24.3 Å². The summed E-state index contributed by atoms with van der Waals surface area (Å²) in [7, 11) is 0. The number of hydrogen-bond donors (Lipinski definition) is 0. The standard InChI is InChI=1S/C27H14F12N4O4S/c28-24(29,30)13-1-5-17(40-9-13)44-22(45-18-6-2-14(10-41-18)25(31,32)33)21(48)23(46-19-7-3-15(11-42-19)26(34,35)36)47-20-8-4-16(12-43-20)27(37,38)39/h1-12,22-23H. The Bertz CT molecular complexity index is 1440. The van der Waals surface area contributed by atoms with Gasteiger partial charge in [0.1, 0.15) is 0 Å². The van der Waals surface area contributed by atoms with Crippen LogP contribution in [0.3, 0.4) is 0 Å². The molecule has 4 aromatic rings. The maximum absolute atomic E-state index is 13.0. The predicted octanol–water partition coefficient (Wildman–Crippen LogP) is 7.98. The molecule has 0 atom stereocenters. The van der Waals surface area contributed by atoms with Gasteiger partial charge < -0.3 is 18.9 Å². The molecule has 0 aliphatic heterocycles. The minimum Gasteiger partial charge on any atom is -0.432 e. The van der Waals surface area contributed by atoms with E-state index in [0.717, 1.165) is 0 Å². The van der Waals surface area contributed by atoms with Crippen LogP contribution in [0.25, 0.3) is 0 Å². The molecule has 4 heterocycles. The summed E-state index contributed by atoms with van der Waals surface area (Å²) in [6.45, 7) is 0. The number of aromatic nitrogens is 4. The lowest BCUT2D eigenvalue weighted by Crippen LogP contribution is -2.45. The number of alkyl halides is 12. The average Bonchev–Trinajstić information content (AvgIpc) is 2.99. The van der Waals surface area contributed by atoms with Gasteiger partial charge in [-0.2, -0.15) is 52.7 Å². The number of pyridine rings is 4. The van der Waals surface area contributed by atoms with Crippen molar-refractivity contribution in [3.63, 3.8) is 0 Å². The minimum absolute atomic E-state index is 0.356. The molecular formula is C27H14F12N4O4S. The van der Waals surface area contributed by atoms with Crippen LogP contribution in [0.2, 0.25) is 0 Å². The van der Waals surface area contributed by atoms with Crippen molar-refractivity contribution in [1.82, 2.24) is 19.9 Å². The molecule has 0 saturated carbocycles. The molecule has 0 unspecified atom stereocenters. The van der Waals surface area contributed by atoms with E-state index in [2.05, 4.69) is 19.9 Å². The average molecular weight is 718 g/mol. The number of hydrogen-bond acceptors (Lipinski definition) is 9. The van der Waals surface area contributed by atoms with Crippen LogP contribution in [-0.2, 0) is 24.7 Å². The molecule has 0 radical (unpaired) electrons. The minimum atomic E-state index is -4.81. The lowest BCUT2D eigenvalue weighted by molar-refractivity contribution is -0.138. The van der Waals surface area contributed by atoms with Crippen molar-refractivity contribution in [1.29, 1.82) is 0 Å². The lowest BCUT2D eigenvalue weighted by atomic mass is 10.3. The molecule has 0 amide bonds. The van der Waals surface area contributed by atoms with Gasteiger partial charge in [0.25, 0.3) is 12.6 Å². The lowest BCUT2D eigenvalue weighted by Gasteiger charge is -2.26. The molecule has 0 aromatic carbocycles. The Morgan fingerprint density at radius 2 is 0.625 bits per heavy atom. The first kappa shape index (κ1) is 35.9. The monoisotopic (exact) mass is 718 g/mol. The molecule has 8 nitrogen and oxygen atoms in total. The van der Waals surface area contributed by atoms with Crippen molar-refractivity contribution >= 4 is 17.1 Å². The van der Waals surface area contributed by atoms with E-state index in [1.807, 2.05) is 0 Å². The molecule has 21 heteroatoms. The second-order valence-corrected chi connectivity index (χ2v) is 9.54. The van der Waals surface area contributed by atoms with Crippen LogP contribution in [0.1, 0.15) is 22.3 Å². The molecule has 0 saturated heterocycles. The van der Waals surface area contributed by atoms with Crippen molar-refractivity contribution in [2.24, 2.45) is 0 Å². The van der Waals surface area contributed by atoms with Crippen molar-refractivity contribution in [3.05, 3.63) is 95.6 Å². The number of nitrogens with zero attached hydrogens (tertiary/aromatic N) is 4. The van der Waals surface area contributed by atoms with Gasteiger partial charge in [0.2, 0.25) is 23.5 Å². The Kier molecular flexibility index (Phi) is 10.2. The number of halogens is 12. The maximum atomic E-state index is 13.0. The zero-order valence-electron chi connectivity index (χ0n) is 22.9. The first-order valence-corrected chi connectivity index (χ1v) is 12.9. The van der Waals surface area contributed by atoms with Gasteiger partial charge in [0.05, 0.1) is 22.3 Å². The van der Waals surface area contributed by atoms with Gasteiger partial charge in [-0.25, -0.2) is 19.9 Å². The fraction of sp³-hybridized carbons (Fsp3) is 0.222. The van der Waals surface area contributed by atoms with E-state index in [9.17, 15) is 52.7 Å². The van der Waals surface area contributed by atoms with E-state index in [0.29, 0.717) is 73.3 Å². The van der Waals surface area contributed by atoms with Crippen LogP contribution >= 0.6 is 12.2 Å². The Hall–Kier alpha value is -4.95. The summed E-state index contributed by atoms with van der Waals surface area (Å²) in [6, 6.07) is 5.04. The maximum Gasteiger partial charge on any atom is 0.417 e. The molecule has 48 heavy (non-hydrogen) atoms. The summed E-state index contributed by atoms with van der Waals surface area (Å²) in [6.07, 6.45) is -22.0. The molecule has 256 valence electrons. The van der Waals surface area contributed by atoms with Gasteiger partial charge in [0.15, 0.2) is 4.86 Å². The van der Waals surface area contributed by atoms with E-state index < -0.39 is 87.9 Å². The quantitative estimate of drug-likeness (QED) is 0.0921. The summed E-state index contributed by atoms with van der Waals surface area (Å²) >= 11 is 5.30. The van der Waals surface area contributed by atoms with Crippen molar-refractivity contribution < 1.29 is 71.6 Å². The highest BCUT2D eigenvalue weighted by Crippen LogP contribution is 2.33. The molecule has 0 N–H and O–H groups in total. The third kappa shape index (κ3) is 9.55. The number of thiocarbonyl (C=S) groups is 1. The Morgan fingerprint density at radius 1 is 0.417 bits per heavy atom. The van der Waals surface area contributed by atoms with Crippen LogP contribution in [-0.4, -0.2) is 37.4 Å². The van der Waals surface area contributed by atoms with Gasteiger partial charge in [-0.3, -0.25) is 0 Å². The number of rotatable bonds is 10. The fourth-order valence-electron chi connectivity index (χ4n) is 3.30. The van der Waals surface area contributed by atoms with E-state index in [4.69, 9.17) is 31.2 Å². The van der Waals surface area contributed by atoms with E-state index in [1.165, 1.54) is 0 Å². The van der Waals surface area contributed by atoms with Gasteiger partial charge >= 0.3 is 24.7 Å². The molecule has 4 aromatic heterocycles. The molecule has 0 bridgehead atoms. The fourth-order valence-corrected chi connectivity index (χ4v) is 3.49. The van der Waals surface area contributed by atoms with Crippen molar-refractivity contribution in [2.75, 3.05) is 0 Å². The number of ether oxygens (including phenoxy) is 4. The third-order valence-electron chi connectivity index (χ3n) is 5.63. The smallest absolute Gasteiger partial charge is 0.417 e. The van der Waals surface area contributed by atoms with Crippen LogP contribution in [0, 0.1) is 0 Å². The van der Waals surface area contributed by atoms with E-state index >= 15 is 0 Å². The third-order valence-corrected chi connectivity index (χ3v) is 6.02. The van der Waals surface area contributed by atoms with Crippen molar-refractivity contribution in [3.8, 4) is 23.5 Å². The van der Waals surface area contributed by atoms with E-state index in [-0.39, 0.29) is 0 Å². The van der Waals surface area contributed by atoms with Gasteiger partial charge in [-0.1, -0.05) is 12.2 Å². The van der Waals surface area contributed by atoms with Crippen LogP contribution in [0.5, 0.6) is 23.5 Å². The molecule has 0 aliphatic carbocycles. The van der Waals surface area contributed by atoms with Gasteiger partial charge in [-0.15, -0.1) is 0 Å². The van der Waals surface area contributed by atoms with Gasteiger partial charge in [0, 0.05) is 49.1 Å². The molecule has 0 aliphatic rings. The highest BCUT2D eigenvalue weighted by atomic mass is 32.1. The highest BCUT2D eigenvalue weighted by molar-refractivity contribution is 7.80. The van der Waals surface area contributed by atoms with Crippen LogP contribution in [0.15, 0.2) is 73.3 Å². The first-order chi connectivity index (χ1) is 22.2. The summed E-state index contributed by atoms with van der Waals surface area (Å²) in [5.74, 6) is -2.44. The van der Waals surface area contributed by atoms with Crippen LogP contribution in [0.4, 0.5) is 52.7 Å². The summed E-state index contributed by atoms with van der Waals surface area (Å²) in [4.78, 5) is 13.2. The topological polar surface area (TPSA) is 88.5 Å². The molecular weight excluding hydrogens is 704 g/mol. The second kappa shape index (κ2) is 13.6. The highest BCUT2D eigenvalue weighted by Gasteiger charge is 2.36.